The van der Waals surface area contributed by atoms with E-state index < -0.39 is 5.91 Å². The molecule has 0 saturated carbocycles. The Morgan fingerprint density at radius 1 is 1.36 bits per heavy atom. The molecule has 3 aromatic rings. The third kappa shape index (κ3) is 2.73. The Balaban J connectivity index is 1.90. The zero-order chi connectivity index (χ0) is 17.6. The lowest BCUT2D eigenvalue weighted by Gasteiger charge is -2.31. The fraction of sp³-hybridized carbons (Fsp3) is 0.294. The highest BCUT2D eigenvalue weighted by molar-refractivity contribution is 7.21. The van der Waals surface area contributed by atoms with Crippen molar-refractivity contribution in [2.75, 3.05) is 23.7 Å². The third-order valence-corrected chi connectivity index (χ3v) is 5.67. The minimum Gasteiger partial charge on any atom is -0.464 e. The van der Waals surface area contributed by atoms with Gasteiger partial charge in [0.2, 0.25) is 0 Å². The van der Waals surface area contributed by atoms with Crippen LogP contribution in [-0.2, 0) is 0 Å². The Morgan fingerprint density at radius 3 is 2.76 bits per heavy atom. The number of rotatable bonds is 3. The number of nitrogens with zero attached hydrogens (tertiary/aromatic N) is 2. The lowest BCUT2D eigenvalue weighted by molar-refractivity contribution is 0.100. The first-order valence-electron chi connectivity index (χ1n) is 8.12. The van der Waals surface area contributed by atoms with E-state index in [1.54, 1.807) is 6.26 Å². The van der Waals surface area contributed by atoms with E-state index in [1.807, 2.05) is 18.2 Å². The highest BCUT2D eigenvalue weighted by Gasteiger charge is 2.24. The molecular weight excluding hydrogens is 338 g/mol. The highest BCUT2D eigenvalue weighted by Crippen LogP contribution is 2.41. The summed E-state index contributed by atoms with van der Waals surface area (Å²) in [6.45, 7) is 1.70. The van der Waals surface area contributed by atoms with E-state index in [-0.39, 0.29) is 6.04 Å². The van der Waals surface area contributed by atoms with Crippen molar-refractivity contribution in [1.29, 1.82) is 0 Å². The second-order valence-corrected chi connectivity index (χ2v) is 7.22. The predicted molar refractivity (Wildman–Crippen MR) is 99.7 cm³/mol. The van der Waals surface area contributed by atoms with E-state index in [4.69, 9.17) is 26.6 Å². The summed E-state index contributed by atoms with van der Waals surface area (Å²) in [5, 5.41) is 0.714. The van der Waals surface area contributed by atoms with Crippen molar-refractivity contribution < 1.29 is 9.21 Å². The second kappa shape index (κ2) is 6.05. The standard InChI is InChI=1S/C17H19N5O2S/c18-9-3-5-22(6-4-9)12-8-10(11-2-1-7-24-11)13-14(19)15(16(20)23)25-17(13)21-12/h1-2,7-9H,3-6,18-19H2,(H2,20,23). The molecule has 6 N–H and O–H groups in total. The quantitative estimate of drug-likeness (QED) is 0.660. The summed E-state index contributed by atoms with van der Waals surface area (Å²) >= 11 is 1.22. The number of fused-ring (bicyclic) bond motifs is 1. The van der Waals surface area contributed by atoms with Crippen molar-refractivity contribution in [1.82, 2.24) is 4.98 Å². The molecule has 0 spiro atoms. The molecule has 1 fully saturated rings. The zero-order valence-corrected chi connectivity index (χ0v) is 14.4. The molecule has 130 valence electrons. The lowest BCUT2D eigenvalue weighted by Crippen LogP contribution is -2.40. The van der Waals surface area contributed by atoms with Gasteiger partial charge in [-0.2, -0.15) is 0 Å². The van der Waals surface area contributed by atoms with Crippen LogP contribution in [0.3, 0.4) is 0 Å². The molecule has 0 radical (unpaired) electrons. The molecule has 0 bridgehead atoms. The number of thiophene rings is 1. The van der Waals surface area contributed by atoms with Gasteiger partial charge in [0.05, 0.1) is 12.0 Å². The normalized spacial score (nSPS) is 15.8. The largest absolute Gasteiger partial charge is 0.464 e. The number of carbonyl (C=O) groups is 1. The van der Waals surface area contributed by atoms with E-state index in [0.29, 0.717) is 26.5 Å². The Hall–Kier alpha value is -2.58. The molecular formula is C17H19N5O2S. The van der Waals surface area contributed by atoms with Crippen molar-refractivity contribution in [3.05, 3.63) is 29.3 Å². The SMILES string of the molecule is NC(=O)c1sc2nc(N3CCC(N)CC3)cc(-c3ccco3)c2c1N. The van der Waals surface area contributed by atoms with Crippen molar-refractivity contribution >= 4 is 39.0 Å². The van der Waals surface area contributed by atoms with Gasteiger partial charge < -0.3 is 26.5 Å². The van der Waals surface area contributed by atoms with Gasteiger partial charge in [0.1, 0.15) is 21.3 Å². The van der Waals surface area contributed by atoms with Gasteiger partial charge in [0.15, 0.2) is 0 Å². The van der Waals surface area contributed by atoms with Crippen molar-refractivity contribution in [3.63, 3.8) is 0 Å². The van der Waals surface area contributed by atoms with Crippen molar-refractivity contribution in [2.45, 2.75) is 18.9 Å². The number of amides is 1. The van der Waals surface area contributed by atoms with Crippen molar-refractivity contribution in [3.8, 4) is 11.3 Å². The van der Waals surface area contributed by atoms with Crippen LogP contribution in [0.15, 0.2) is 28.9 Å². The number of anilines is 2. The summed E-state index contributed by atoms with van der Waals surface area (Å²) in [6, 6.07) is 5.89. The van der Waals surface area contributed by atoms with Crippen LogP contribution in [-0.4, -0.2) is 30.0 Å². The fourth-order valence-corrected chi connectivity index (χ4v) is 4.17. The summed E-state index contributed by atoms with van der Waals surface area (Å²) in [4.78, 5) is 19.6. The van der Waals surface area contributed by atoms with E-state index >= 15 is 0 Å². The van der Waals surface area contributed by atoms with E-state index in [1.165, 1.54) is 11.3 Å². The molecule has 8 heteroatoms. The highest BCUT2D eigenvalue weighted by atomic mass is 32.1. The van der Waals surface area contributed by atoms with Gasteiger partial charge >= 0.3 is 0 Å². The van der Waals surface area contributed by atoms with Gasteiger partial charge in [-0.05, 0) is 31.0 Å². The Kier molecular flexibility index (Phi) is 3.85. The number of nitrogen functional groups attached to an aromatic ring is 1. The smallest absolute Gasteiger partial charge is 0.260 e. The number of furan rings is 1. The molecule has 4 rings (SSSR count). The number of piperidine rings is 1. The van der Waals surface area contributed by atoms with Gasteiger partial charge in [-0.3, -0.25) is 4.79 Å². The molecule has 4 heterocycles. The Bertz CT molecular complexity index is 926. The molecule has 1 aliphatic rings. The lowest BCUT2D eigenvalue weighted by atomic mass is 10.0. The first-order chi connectivity index (χ1) is 12.0. The number of aromatic nitrogens is 1. The number of carbonyl (C=O) groups excluding carboxylic acids is 1. The van der Waals surface area contributed by atoms with E-state index in [9.17, 15) is 4.79 Å². The Labute approximate surface area is 148 Å². The summed E-state index contributed by atoms with van der Waals surface area (Å²) in [5.74, 6) is 0.974. The molecule has 1 saturated heterocycles. The number of primary amides is 1. The first kappa shape index (κ1) is 15.9. The van der Waals surface area contributed by atoms with E-state index in [0.717, 1.165) is 37.3 Å². The van der Waals surface area contributed by atoms with Crippen LogP contribution in [0.25, 0.3) is 21.5 Å². The maximum Gasteiger partial charge on any atom is 0.260 e. The van der Waals surface area contributed by atoms with Crippen molar-refractivity contribution in [2.24, 2.45) is 11.5 Å². The summed E-state index contributed by atoms with van der Waals surface area (Å²) in [5.41, 5.74) is 18.8. The summed E-state index contributed by atoms with van der Waals surface area (Å²) < 4.78 is 5.58. The second-order valence-electron chi connectivity index (χ2n) is 6.22. The van der Waals surface area contributed by atoms with Crippen LogP contribution in [0.1, 0.15) is 22.5 Å². The average Bonchev–Trinajstić information content (AvgIpc) is 3.23. The fourth-order valence-electron chi connectivity index (χ4n) is 3.21. The average molecular weight is 357 g/mol. The molecule has 3 aromatic heterocycles. The minimum absolute atomic E-state index is 0.239. The van der Waals surface area contributed by atoms with Gasteiger partial charge in [-0.1, -0.05) is 0 Å². The minimum atomic E-state index is -0.545. The van der Waals surface area contributed by atoms with Crippen LogP contribution in [0, 0.1) is 0 Å². The summed E-state index contributed by atoms with van der Waals surface area (Å²) in [6.07, 6.45) is 3.46. The van der Waals surface area contributed by atoms with Crippen LogP contribution in [0.4, 0.5) is 11.5 Å². The summed E-state index contributed by atoms with van der Waals surface area (Å²) in [7, 11) is 0. The molecule has 0 aromatic carbocycles. The third-order valence-electron chi connectivity index (χ3n) is 4.56. The number of hydrogen-bond acceptors (Lipinski definition) is 7. The number of pyridine rings is 1. The molecule has 1 amide bonds. The molecule has 0 atom stereocenters. The molecule has 7 nitrogen and oxygen atoms in total. The van der Waals surface area contributed by atoms with Crippen LogP contribution >= 0.6 is 11.3 Å². The van der Waals surface area contributed by atoms with Gasteiger partial charge in [-0.25, -0.2) is 4.98 Å². The number of nitrogens with two attached hydrogens (primary N) is 3. The van der Waals surface area contributed by atoms with Gasteiger partial charge in [-0.15, -0.1) is 11.3 Å². The maximum atomic E-state index is 11.7. The monoisotopic (exact) mass is 357 g/mol. The number of hydrogen-bond donors (Lipinski definition) is 3. The maximum absolute atomic E-state index is 11.7. The van der Waals surface area contributed by atoms with Gasteiger partial charge in [0.25, 0.3) is 5.91 Å². The Morgan fingerprint density at radius 2 is 2.12 bits per heavy atom. The van der Waals surface area contributed by atoms with Crippen LogP contribution in [0.5, 0.6) is 0 Å². The molecule has 1 aliphatic heterocycles. The van der Waals surface area contributed by atoms with Crippen LogP contribution in [0.2, 0.25) is 0 Å². The van der Waals surface area contributed by atoms with Crippen LogP contribution < -0.4 is 22.1 Å². The first-order valence-corrected chi connectivity index (χ1v) is 8.93. The molecule has 0 unspecified atom stereocenters. The zero-order valence-electron chi connectivity index (χ0n) is 13.6. The molecule has 0 aliphatic carbocycles. The molecule has 25 heavy (non-hydrogen) atoms. The van der Waals surface area contributed by atoms with E-state index in [2.05, 4.69) is 4.90 Å². The topological polar surface area (TPSA) is 124 Å². The predicted octanol–water partition coefficient (Wildman–Crippen LogP) is 2.16. The van der Waals surface area contributed by atoms with Gasteiger partial charge in [0, 0.05) is 30.1 Å².